The second-order valence-corrected chi connectivity index (χ2v) is 6.34. The van der Waals surface area contributed by atoms with E-state index in [1.54, 1.807) is 13.8 Å². The minimum Gasteiger partial charge on any atom is -0.465 e. The van der Waals surface area contributed by atoms with Crippen molar-refractivity contribution < 1.29 is 17.9 Å². The predicted octanol–water partition coefficient (Wildman–Crippen LogP) is 2.06. The van der Waals surface area contributed by atoms with Crippen LogP contribution in [0.4, 0.5) is 0 Å². The molecule has 0 N–H and O–H groups in total. The average molecular weight is 297 g/mol. The third kappa shape index (κ3) is 3.68. The Bertz CT molecular complexity index is 590. The van der Waals surface area contributed by atoms with Crippen molar-refractivity contribution in [2.75, 3.05) is 20.2 Å². The first-order valence-corrected chi connectivity index (χ1v) is 7.59. The maximum absolute atomic E-state index is 12.4. The number of ether oxygens (including phenoxy) is 1. The first-order chi connectivity index (χ1) is 9.32. The van der Waals surface area contributed by atoms with Crippen molar-refractivity contribution in [3.63, 3.8) is 0 Å². The van der Waals surface area contributed by atoms with Crippen molar-refractivity contribution in [1.29, 1.82) is 0 Å². The van der Waals surface area contributed by atoms with Crippen LogP contribution < -0.4 is 0 Å². The fourth-order valence-corrected chi connectivity index (χ4v) is 3.21. The number of hydrogen-bond acceptors (Lipinski definition) is 4. The van der Waals surface area contributed by atoms with Crippen LogP contribution in [-0.2, 0) is 14.8 Å². The van der Waals surface area contributed by atoms with Crippen molar-refractivity contribution in [2.24, 2.45) is 0 Å². The lowest BCUT2D eigenvalue weighted by molar-refractivity contribution is 0.0600. The lowest BCUT2D eigenvalue weighted by atomic mass is 10.2. The summed E-state index contributed by atoms with van der Waals surface area (Å²) in [6.07, 6.45) is 0. The van der Waals surface area contributed by atoms with Crippen LogP contribution in [0.2, 0.25) is 0 Å². The molecule has 0 heterocycles. The molecule has 20 heavy (non-hydrogen) atoms. The van der Waals surface area contributed by atoms with Crippen LogP contribution in [-0.4, -0.2) is 38.9 Å². The lowest BCUT2D eigenvalue weighted by Gasteiger charge is -2.20. The Morgan fingerprint density at radius 2 is 1.85 bits per heavy atom. The summed E-state index contributed by atoms with van der Waals surface area (Å²) in [7, 11) is -2.30. The molecule has 0 saturated heterocycles. The van der Waals surface area contributed by atoms with Crippen LogP contribution >= 0.6 is 0 Å². The molecule has 1 aromatic carbocycles. The largest absolute Gasteiger partial charge is 0.465 e. The number of rotatable bonds is 6. The van der Waals surface area contributed by atoms with Gasteiger partial charge in [-0.15, -0.1) is 0 Å². The monoisotopic (exact) mass is 297 g/mol. The van der Waals surface area contributed by atoms with E-state index < -0.39 is 16.0 Å². The Hall–Kier alpha value is -1.66. The van der Waals surface area contributed by atoms with Crippen LogP contribution in [0.5, 0.6) is 0 Å². The minimum atomic E-state index is -3.58. The maximum Gasteiger partial charge on any atom is 0.337 e. The molecule has 6 heteroatoms. The van der Waals surface area contributed by atoms with E-state index in [1.165, 1.54) is 35.7 Å². The molecule has 1 rings (SSSR count). The van der Waals surface area contributed by atoms with Gasteiger partial charge in [0, 0.05) is 13.1 Å². The van der Waals surface area contributed by atoms with E-state index in [9.17, 15) is 13.2 Å². The molecule has 0 aliphatic heterocycles. The molecule has 0 saturated carbocycles. The number of benzene rings is 1. The molecule has 0 aliphatic rings. The summed E-state index contributed by atoms with van der Waals surface area (Å²) in [6, 6.07) is 5.69. The van der Waals surface area contributed by atoms with Crippen LogP contribution in [0.1, 0.15) is 24.2 Å². The number of likely N-dealkylation sites (N-methyl/N-ethyl adjacent to an activating group) is 1. The smallest absolute Gasteiger partial charge is 0.337 e. The van der Waals surface area contributed by atoms with Crippen molar-refractivity contribution in [3.05, 3.63) is 42.0 Å². The zero-order valence-corrected chi connectivity index (χ0v) is 12.7. The van der Waals surface area contributed by atoms with Gasteiger partial charge in [-0.3, -0.25) is 0 Å². The molecular weight excluding hydrogens is 278 g/mol. The number of nitrogens with zero attached hydrogens (tertiary/aromatic N) is 1. The van der Waals surface area contributed by atoms with Gasteiger partial charge in [0.2, 0.25) is 10.0 Å². The highest BCUT2D eigenvalue weighted by Crippen LogP contribution is 2.17. The number of carbonyl (C=O) groups excluding carboxylic acids is 1. The fraction of sp³-hybridized carbons (Fsp3) is 0.357. The second-order valence-electron chi connectivity index (χ2n) is 4.40. The highest BCUT2D eigenvalue weighted by atomic mass is 32.2. The Balaban J connectivity index is 3.09. The van der Waals surface area contributed by atoms with Crippen LogP contribution in [0.3, 0.4) is 0 Å². The molecule has 0 unspecified atom stereocenters. The predicted molar refractivity (Wildman–Crippen MR) is 77.0 cm³/mol. The third-order valence-corrected chi connectivity index (χ3v) is 4.65. The molecule has 1 aromatic rings. The normalized spacial score (nSPS) is 11.4. The summed E-state index contributed by atoms with van der Waals surface area (Å²) >= 11 is 0. The van der Waals surface area contributed by atoms with E-state index in [0.29, 0.717) is 12.1 Å². The number of esters is 1. The van der Waals surface area contributed by atoms with Gasteiger partial charge in [-0.1, -0.05) is 19.1 Å². The summed E-state index contributed by atoms with van der Waals surface area (Å²) in [5, 5.41) is 0. The van der Waals surface area contributed by atoms with Crippen molar-refractivity contribution in [1.82, 2.24) is 4.31 Å². The molecule has 0 radical (unpaired) electrons. The van der Waals surface area contributed by atoms with E-state index in [2.05, 4.69) is 11.3 Å². The molecule has 5 nitrogen and oxygen atoms in total. The zero-order chi connectivity index (χ0) is 15.3. The van der Waals surface area contributed by atoms with Crippen molar-refractivity contribution in [3.8, 4) is 0 Å². The molecule has 0 aromatic heterocycles. The van der Waals surface area contributed by atoms with Gasteiger partial charge in [0.1, 0.15) is 0 Å². The highest BCUT2D eigenvalue weighted by Gasteiger charge is 2.23. The summed E-state index contributed by atoms with van der Waals surface area (Å²) in [6.45, 7) is 7.91. The topological polar surface area (TPSA) is 63.7 Å². The first kappa shape index (κ1) is 16.4. The van der Waals surface area contributed by atoms with Gasteiger partial charge in [0.25, 0.3) is 0 Å². The van der Waals surface area contributed by atoms with Gasteiger partial charge in [0.15, 0.2) is 0 Å². The Morgan fingerprint density at radius 1 is 1.30 bits per heavy atom. The summed E-state index contributed by atoms with van der Waals surface area (Å²) in [4.78, 5) is 11.5. The van der Waals surface area contributed by atoms with Gasteiger partial charge >= 0.3 is 5.97 Å². The molecule has 0 atom stereocenters. The molecule has 0 aliphatic carbocycles. The molecule has 0 fully saturated rings. The highest BCUT2D eigenvalue weighted by molar-refractivity contribution is 7.89. The van der Waals surface area contributed by atoms with Crippen molar-refractivity contribution in [2.45, 2.75) is 18.7 Å². The van der Waals surface area contributed by atoms with Gasteiger partial charge in [0.05, 0.1) is 17.6 Å². The van der Waals surface area contributed by atoms with E-state index in [1.807, 2.05) is 0 Å². The van der Waals surface area contributed by atoms with Gasteiger partial charge in [-0.25, -0.2) is 13.2 Å². The third-order valence-electron chi connectivity index (χ3n) is 2.71. The van der Waals surface area contributed by atoms with Crippen LogP contribution in [0, 0.1) is 0 Å². The molecule has 0 bridgehead atoms. The minimum absolute atomic E-state index is 0.147. The van der Waals surface area contributed by atoms with E-state index in [4.69, 9.17) is 0 Å². The Kier molecular flexibility index (Phi) is 5.47. The van der Waals surface area contributed by atoms with Crippen molar-refractivity contribution >= 4 is 16.0 Å². The summed E-state index contributed by atoms with van der Waals surface area (Å²) < 4.78 is 30.7. The Labute approximate surface area is 119 Å². The van der Waals surface area contributed by atoms with Gasteiger partial charge in [-0.2, -0.15) is 4.31 Å². The molecule has 110 valence electrons. The van der Waals surface area contributed by atoms with Crippen LogP contribution in [0.15, 0.2) is 41.3 Å². The average Bonchev–Trinajstić information content (AvgIpc) is 2.43. The van der Waals surface area contributed by atoms with E-state index in [0.717, 1.165) is 5.57 Å². The Morgan fingerprint density at radius 3 is 2.25 bits per heavy atom. The number of sulfonamides is 1. The zero-order valence-electron chi connectivity index (χ0n) is 11.9. The fourth-order valence-electron chi connectivity index (χ4n) is 1.70. The number of carbonyl (C=O) groups is 1. The first-order valence-electron chi connectivity index (χ1n) is 6.15. The van der Waals surface area contributed by atoms with Gasteiger partial charge < -0.3 is 4.74 Å². The number of methoxy groups -OCH3 is 1. The SMILES string of the molecule is C=C(C)CN(CC)S(=O)(=O)c1ccc(C(=O)OC)cc1. The molecular formula is C14H19NO4S. The standard InChI is InChI=1S/C14H19NO4S/c1-5-15(10-11(2)3)20(17,18)13-8-6-12(7-9-13)14(16)19-4/h6-9H,2,5,10H2,1,3-4H3. The summed E-state index contributed by atoms with van der Waals surface area (Å²) in [5.41, 5.74) is 1.08. The van der Waals surface area contributed by atoms with Gasteiger partial charge in [-0.05, 0) is 31.2 Å². The molecule has 0 spiro atoms. The van der Waals surface area contributed by atoms with E-state index >= 15 is 0 Å². The van der Waals surface area contributed by atoms with E-state index in [-0.39, 0.29) is 11.4 Å². The lowest BCUT2D eigenvalue weighted by Crippen LogP contribution is -2.32. The summed E-state index contributed by atoms with van der Waals surface area (Å²) in [5.74, 6) is -0.497. The van der Waals surface area contributed by atoms with Crippen LogP contribution in [0.25, 0.3) is 0 Å². The quantitative estimate of drug-likeness (QED) is 0.595. The maximum atomic E-state index is 12.4. The molecule has 0 amide bonds. The number of hydrogen-bond donors (Lipinski definition) is 0. The second kappa shape index (κ2) is 6.67.